The van der Waals surface area contributed by atoms with Crippen LogP contribution in [0, 0.1) is 5.82 Å². The first-order valence-electron chi connectivity index (χ1n) is 9.61. The molecule has 0 fully saturated rings. The van der Waals surface area contributed by atoms with Crippen LogP contribution in [0.3, 0.4) is 0 Å². The Morgan fingerprint density at radius 2 is 1.79 bits per heavy atom. The number of nitrogens with one attached hydrogen (secondary N) is 1. The van der Waals surface area contributed by atoms with Gasteiger partial charge in [0.25, 0.3) is 0 Å². The van der Waals surface area contributed by atoms with Gasteiger partial charge in [-0.2, -0.15) is 0 Å². The summed E-state index contributed by atoms with van der Waals surface area (Å²) >= 11 is 6.40. The molecule has 146 valence electrons. The van der Waals surface area contributed by atoms with Crippen molar-refractivity contribution in [1.82, 2.24) is 9.97 Å². The number of halogens is 2. The number of nitrogens with zero attached hydrogens (tertiary/aromatic N) is 2. The van der Waals surface area contributed by atoms with Crippen molar-refractivity contribution >= 4 is 28.2 Å². The van der Waals surface area contributed by atoms with Crippen LogP contribution in [0.15, 0.2) is 67.0 Å². The Kier molecular flexibility index (Phi) is 5.45. The molecule has 1 atom stereocenters. The monoisotopic (exact) mass is 405 g/mol. The van der Waals surface area contributed by atoms with Gasteiger partial charge in [-0.25, -0.2) is 4.39 Å². The quantitative estimate of drug-likeness (QED) is 0.395. The van der Waals surface area contributed by atoms with Crippen molar-refractivity contribution in [2.45, 2.75) is 26.3 Å². The van der Waals surface area contributed by atoms with Crippen LogP contribution in [0.1, 0.15) is 31.1 Å². The fourth-order valence-corrected chi connectivity index (χ4v) is 3.62. The largest absolute Gasteiger partial charge is 0.377 e. The maximum absolute atomic E-state index is 14.7. The number of aryl methyl sites for hydroxylation is 1. The Morgan fingerprint density at radius 1 is 1.00 bits per heavy atom. The molecule has 0 amide bonds. The van der Waals surface area contributed by atoms with Gasteiger partial charge >= 0.3 is 0 Å². The van der Waals surface area contributed by atoms with Gasteiger partial charge in [0.2, 0.25) is 0 Å². The fraction of sp³-hybridized carbons (Fsp3) is 0.167. The molecule has 5 heteroatoms. The molecule has 0 aliphatic heterocycles. The Morgan fingerprint density at radius 3 is 2.55 bits per heavy atom. The standard InChI is InChI=1S/C24H21ClFN3/c1-3-18-10-8-17(13-27-18)16-9-11-22(26)20(12-16)15(2)29-24-19-6-4-5-7-23(19)28-14-21(24)25/h4-15H,3H2,1-2H3,(H,28,29)/t15-/m1/s1. The van der Waals surface area contributed by atoms with E-state index in [1.807, 2.05) is 55.6 Å². The lowest BCUT2D eigenvalue weighted by molar-refractivity contribution is 0.600. The fourth-order valence-electron chi connectivity index (χ4n) is 3.42. The molecule has 0 aliphatic rings. The Hall–Kier alpha value is -2.98. The van der Waals surface area contributed by atoms with Crippen LogP contribution in [-0.4, -0.2) is 9.97 Å². The van der Waals surface area contributed by atoms with Crippen molar-refractivity contribution in [3.05, 3.63) is 89.1 Å². The molecule has 0 saturated carbocycles. The van der Waals surface area contributed by atoms with Gasteiger partial charge in [-0.1, -0.05) is 48.9 Å². The van der Waals surface area contributed by atoms with E-state index < -0.39 is 0 Å². The summed E-state index contributed by atoms with van der Waals surface area (Å²) in [7, 11) is 0. The van der Waals surface area contributed by atoms with E-state index in [0.29, 0.717) is 10.6 Å². The van der Waals surface area contributed by atoms with E-state index in [0.717, 1.165) is 39.8 Å². The Labute approximate surface area is 174 Å². The number of rotatable bonds is 5. The Bertz CT molecular complexity index is 1160. The minimum atomic E-state index is -0.291. The summed E-state index contributed by atoms with van der Waals surface area (Å²) in [5.41, 5.74) is 5.08. The predicted molar refractivity (Wildman–Crippen MR) is 118 cm³/mol. The van der Waals surface area contributed by atoms with Gasteiger partial charge in [-0.3, -0.25) is 9.97 Å². The third kappa shape index (κ3) is 3.94. The van der Waals surface area contributed by atoms with Gasteiger partial charge in [0.05, 0.1) is 22.3 Å². The average molecular weight is 406 g/mol. The molecule has 2 heterocycles. The van der Waals surface area contributed by atoms with E-state index in [-0.39, 0.29) is 11.9 Å². The molecule has 0 radical (unpaired) electrons. The maximum atomic E-state index is 14.7. The molecule has 3 nitrogen and oxygen atoms in total. The van der Waals surface area contributed by atoms with Crippen LogP contribution in [0.5, 0.6) is 0 Å². The Balaban J connectivity index is 1.69. The number of hydrogen-bond acceptors (Lipinski definition) is 3. The number of aromatic nitrogens is 2. The molecule has 4 rings (SSSR count). The zero-order chi connectivity index (χ0) is 20.4. The summed E-state index contributed by atoms with van der Waals surface area (Å²) in [6, 6.07) is 16.6. The van der Waals surface area contributed by atoms with Gasteiger partial charge in [-0.15, -0.1) is 0 Å². The molecule has 0 saturated heterocycles. The molecule has 29 heavy (non-hydrogen) atoms. The summed E-state index contributed by atoms with van der Waals surface area (Å²) in [5, 5.41) is 4.79. The number of anilines is 1. The van der Waals surface area contributed by atoms with E-state index in [2.05, 4.69) is 22.2 Å². The minimum Gasteiger partial charge on any atom is -0.377 e. The summed E-state index contributed by atoms with van der Waals surface area (Å²) in [5.74, 6) is -0.263. The van der Waals surface area contributed by atoms with Crippen LogP contribution in [0.4, 0.5) is 10.1 Å². The van der Waals surface area contributed by atoms with Crippen LogP contribution in [-0.2, 0) is 6.42 Å². The normalized spacial score (nSPS) is 12.1. The molecule has 0 aliphatic carbocycles. The van der Waals surface area contributed by atoms with Crippen LogP contribution >= 0.6 is 11.6 Å². The molecule has 4 aromatic rings. The third-order valence-electron chi connectivity index (χ3n) is 5.07. The lowest BCUT2D eigenvalue weighted by Gasteiger charge is -2.19. The molecule has 0 unspecified atom stereocenters. The van der Waals surface area contributed by atoms with Gasteiger partial charge in [0.1, 0.15) is 5.82 Å². The highest BCUT2D eigenvalue weighted by Crippen LogP contribution is 2.34. The molecule has 1 N–H and O–H groups in total. The van der Waals surface area contributed by atoms with Gasteiger partial charge < -0.3 is 5.32 Å². The summed E-state index contributed by atoms with van der Waals surface area (Å²) in [6.45, 7) is 3.99. The van der Waals surface area contributed by atoms with Gasteiger partial charge in [-0.05, 0) is 43.2 Å². The first kappa shape index (κ1) is 19.3. The van der Waals surface area contributed by atoms with Crippen molar-refractivity contribution in [3.63, 3.8) is 0 Å². The summed E-state index contributed by atoms with van der Waals surface area (Å²) in [6.07, 6.45) is 4.34. The van der Waals surface area contributed by atoms with Crippen LogP contribution in [0.25, 0.3) is 22.0 Å². The first-order chi connectivity index (χ1) is 14.1. The third-order valence-corrected chi connectivity index (χ3v) is 5.36. The van der Waals surface area contributed by atoms with Crippen molar-refractivity contribution in [2.24, 2.45) is 0 Å². The second kappa shape index (κ2) is 8.18. The topological polar surface area (TPSA) is 37.8 Å². The molecule has 0 bridgehead atoms. The highest BCUT2D eigenvalue weighted by molar-refractivity contribution is 6.34. The number of hydrogen-bond donors (Lipinski definition) is 1. The number of fused-ring (bicyclic) bond motifs is 1. The average Bonchev–Trinajstić information content (AvgIpc) is 2.76. The number of pyridine rings is 2. The maximum Gasteiger partial charge on any atom is 0.128 e. The highest BCUT2D eigenvalue weighted by Gasteiger charge is 2.16. The summed E-state index contributed by atoms with van der Waals surface area (Å²) < 4.78 is 14.7. The van der Waals surface area contributed by atoms with Crippen molar-refractivity contribution in [1.29, 1.82) is 0 Å². The van der Waals surface area contributed by atoms with Crippen LogP contribution < -0.4 is 5.32 Å². The molecule has 2 aromatic heterocycles. The molecular weight excluding hydrogens is 385 g/mol. The molecular formula is C24H21ClFN3. The van der Waals surface area contributed by atoms with E-state index in [4.69, 9.17) is 11.6 Å². The van der Waals surface area contributed by atoms with Crippen LogP contribution in [0.2, 0.25) is 5.02 Å². The predicted octanol–water partition coefficient (Wildman–Crippen LogP) is 6.82. The molecule has 2 aromatic carbocycles. The van der Waals surface area contributed by atoms with Gasteiger partial charge in [0.15, 0.2) is 0 Å². The van der Waals surface area contributed by atoms with Crippen molar-refractivity contribution < 1.29 is 4.39 Å². The van der Waals surface area contributed by atoms with Crippen molar-refractivity contribution in [2.75, 3.05) is 5.32 Å². The summed E-state index contributed by atoms with van der Waals surface area (Å²) in [4.78, 5) is 8.80. The van der Waals surface area contributed by atoms with E-state index >= 15 is 0 Å². The van der Waals surface area contributed by atoms with E-state index in [1.165, 1.54) is 6.07 Å². The van der Waals surface area contributed by atoms with E-state index in [1.54, 1.807) is 12.3 Å². The number of benzene rings is 2. The zero-order valence-electron chi connectivity index (χ0n) is 16.3. The minimum absolute atomic E-state index is 0.263. The SMILES string of the molecule is CCc1ccc(-c2ccc(F)c([C@@H](C)Nc3c(Cl)cnc4ccccc34)c2)cn1. The second-order valence-electron chi connectivity index (χ2n) is 6.99. The zero-order valence-corrected chi connectivity index (χ0v) is 17.0. The highest BCUT2D eigenvalue weighted by atomic mass is 35.5. The smallest absolute Gasteiger partial charge is 0.128 e. The molecule has 0 spiro atoms. The van der Waals surface area contributed by atoms with Crippen molar-refractivity contribution in [3.8, 4) is 11.1 Å². The number of para-hydroxylation sites is 1. The second-order valence-corrected chi connectivity index (χ2v) is 7.40. The van der Waals surface area contributed by atoms with Gasteiger partial charge in [0, 0.05) is 34.6 Å². The van der Waals surface area contributed by atoms with E-state index in [9.17, 15) is 4.39 Å². The lowest BCUT2D eigenvalue weighted by atomic mass is 10.00. The first-order valence-corrected chi connectivity index (χ1v) is 9.99. The lowest BCUT2D eigenvalue weighted by Crippen LogP contribution is -2.10.